The largest absolute Gasteiger partial charge is 0.306 e. The number of hydrogen-bond acceptors (Lipinski definition) is 4. The summed E-state index contributed by atoms with van der Waals surface area (Å²) in [6.07, 6.45) is 5.17. The molecule has 0 atom stereocenters. The van der Waals surface area contributed by atoms with Crippen molar-refractivity contribution in [2.75, 3.05) is 0 Å². The van der Waals surface area contributed by atoms with Gasteiger partial charge in [0.1, 0.15) is 11.2 Å². The molecule has 0 saturated carbocycles. The van der Waals surface area contributed by atoms with Crippen molar-refractivity contribution in [2.24, 2.45) is 7.05 Å². The van der Waals surface area contributed by atoms with E-state index in [0.29, 0.717) is 16.9 Å². The van der Waals surface area contributed by atoms with Crippen molar-refractivity contribution in [3.8, 4) is 17.1 Å². The minimum atomic E-state index is -0.220. The van der Waals surface area contributed by atoms with E-state index >= 15 is 0 Å². The maximum atomic E-state index is 12.5. The topological polar surface area (TPSA) is 81.4 Å². The third-order valence-electron chi connectivity index (χ3n) is 4.05. The molecule has 0 aliphatic heterocycles. The van der Waals surface area contributed by atoms with Gasteiger partial charge in [-0.25, -0.2) is 9.67 Å². The number of aryl methyl sites for hydroxylation is 3. The summed E-state index contributed by atoms with van der Waals surface area (Å²) in [6, 6.07) is 4.04. The van der Waals surface area contributed by atoms with Crippen LogP contribution in [-0.4, -0.2) is 29.5 Å². The van der Waals surface area contributed by atoms with Crippen LogP contribution >= 0.6 is 15.9 Å². The Hall–Kier alpha value is -2.74. The molecular weight excluding hydrogens is 384 g/mol. The van der Waals surface area contributed by atoms with Gasteiger partial charge in [0.2, 0.25) is 0 Å². The van der Waals surface area contributed by atoms with Crippen molar-refractivity contribution in [2.45, 2.75) is 13.8 Å². The first kappa shape index (κ1) is 15.8. The molecule has 126 valence electrons. The first-order valence-electron chi connectivity index (χ1n) is 7.68. The van der Waals surface area contributed by atoms with Gasteiger partial charge in [0.15, 0.2) is 5.65 Å². The van der Waals surface area contributed by atoms with Gasteiger partial charge in [0.05, 0.1) is 17.4 Å². The van der Waals surface area contributed by atoms with E-state index in [9.17, 15) is 4.79 Å². The molecule has 1 aromatic carbocycles. The van der Waals surface area contributed by atoms with Gasteiger partial charge in [-0.2, -0.15) is 5.10 Å². The van der Waals surface area contributed by atoms with Gasteiger partial charge in [0.25, 0.3) is 5.56 Å². The molecule has 0 saturated heterocycles. The third-order valence-corrected chi connectivity index (χ3v) is 4.51. The first-order chi connectivity index (χ1) is 11.9. The minimum Gasteiger partial charge on any atom is -0.306 e. The summed E-state index contributed by atoms with van der Waals surface area (Å²) in [6.45, 7) is 4.02. The van der Waals surface area contributed by atoms with Crippen molar-refractivity contribution in [3.05, 3.63) is 56.7 Å². The highest BCUT2D eigenvalue weighted by molar-refractivity contribution is 9.10. The Kier molecular flexibility index (Phi) is 3.57. The third kappa shape index (κ3) is 2.68. The zero-order valence-corrected chi connectivity index (χ0v) is 15.5. The van der Waals surface area contributed by atoms with Crippen molar-refractivity contribution in [1.82, 2.24) is 29.5 Å². The predicted molar refractivity (Wildman–Crippen MR) is 98.9 cm³/mol. The molecule has 1 N–H and O–H groups in total. The molecule has 0 aliphatic carbocycles. The van der Waals surface area contributed by atoms with Gasteiger partial charge in [-0.05, 0) is 37.1 Å². The smallest absolute Gasteiger partial charge is 0.262 e. The highest BCUT2D eigenvalue weighted by atomic mass is 79.9. The van der Waals surface area contributed by atoms with Crippen LogP contribution in [0.15, 0.2) is 40.0 Å². The Labute approximate surface area is 151 Å². The van der Waals surface area contributed by atoms with Crippen LogP contribution in [-0.2, 0) is 7.05 Å². The van der Waals surface area contributed by atoms with Gasteiger partial charge in [-0.15, -0.1) is 5.10 Å². The first-order valence-corrected chi connectivity index (χ1v) is 8.47. The Morgan fingerprint density at radius 2 is 1.88 bits per heavy atom. The maximum absolute atomic E-state index is 12.5. The standard InChI is InChI=1S/C17H15BrN6O/c1-9-4-12(18)5-10(2)14(9)24-8-13-16(22-24)20-15(21-17(13)25)11-6-19-23(3)7-11/h4-8H,1-3H3,(H,20,21,22,25). The van der Waals surface area contributed by atoms with Crippen LogP contribution in [0.5, 0.6) is 0 Å². The van der Waals surface area contributed by atoms with E-state index in [-0.39, 0.29) is 5.56 Å². The SMILES string of the molecule is Cc1cc(Br)cc(C)c1-n1cc2c(=O)[nH]c(-c3cnn(C)c3)nc2n1. The molecule has 3 heterocycles. The number of halogens is 1. The summed E-state index contributed by atoms with van der Waals surface area (Å²) in [5.41, 5.74) is 4.00. The molecule has 0 unspecified atom stereocenters. The fourth-order valence-corrected chi connectivity index (χ4v) is 3.66. The molecule has 0 aliphatic rings. The molecule has 4 rings (SSSR count). The van der Waals surface area contributed by atoms with Crippen LogP contribution < -0.4 is 5.56 Å². The Balaban J connectivity index is 1.92. The molecule has 0 bridgehead atoms. The van der Waals surface area contributed by atoms with Gasteiger partial charge >= 0.3 is 0 Å². The number of nitrogens with one attached hydrogen (secondary N) is 1. The highest BCUT2D eigenvalue weighted by Gasteiger charge is 2.14. The van der Waals surface area contributed by atoms with Crippen molar-refractivity contribution in [1.29, 1.82) is 0 Å². The van der Waals surface area contributed by atoms with E-state index in [1.807, 2.05) is 33.0 Å². The van der Waals surface area contributed by atoms with Gasteiger partial charge < -0.3 is 4.98 Å². The van der Waals surface area contributed by atoms with Crippen LogP contribution in [0.1, 0.15) is 11.1 Å². The second-order valence-electron chi connectivity index (χ2n) is 6.02. The number of aromatic nitrogens is 6. The minimum absolute atomic E-state index is 0.220. The Morgan fingerprint density at radius 3 is 2.52 bits per heavy atom. The van der Waals surface area contributed by atoms with Gasteiger partial charge in [0, 0.05) is 23.9 Å². The molecule has 0 amide bonds. The van der Waals surface area contributed by atoms with E-state index in [1.54, 1.807) is 28.0 Å². The maximum Gasteiger partial charge on any atom is 0.262 e. The van der Waals surface area contributed by atoms with Crippen LogP contribution in [0.2, 0.25) is 0 Å². The zero-order valence-electron chi connectivity index (χ0n) is 13.9. The summed E-state index contributed by atoms with van der Waals surface area (Å²) < 4.78 is 4.39. The number of hydrogen-bond donors (Lipinski definition) is 1. The highest BCUT2D eigenvalue weighted by Crippen LogP contribution is 2.24. The van der Waals surface area contributed by atoms with Crippen molar-refractivity contribution < 1.29 is 0 Å². The normalized spacial score (nSPS) is 11.4. The lowest BCUT2D eigenvalue weighted by Gasteiger charge is -2.10. The quantitative estimate of drug-likeness (QED) is 0.562. The zero-order chi connectivity index (χ0) is 17.7. The molecule has 0 fully saturated rings. The van der Waals surface area contributed by atoms with Crippen LogP contribution in [0.25, 0.3) is 28.1 Å². The molecule has 7 nitrogen and oxygen atoms in total. The van der Waals surface area contributed by atoms with Crippen LogP contribution in [0.4, 0.5) is 0 Å². The lowest BCUT2D eigenvalue weighted by Crippen LogP contribution is -2.08. The molecule has 25 heavy (non-hydrogen) atoms. The van der Waals surface area contributed by atoms with Gasteiger partial charge in [-0.3, -0.25) is 9.48 Å². The van der Waals surface area contributed by atoms with E-state index in [4.69, 9.17) is 0 Å². The number of nitrogens with zero attached hydrogens (tertiary/aromatic N) is 5. The molecule has 3 aromatic heterocycles. The van der Waals surface area contributed by atoms with E-state index in [0.717, 1.165) is 26.9 Å². The van der Waals surface area contributed by atoms with E-state index in [2.05, 4.69) is 36.1 Å². The summed E-state index contributed by atoms with van der Waals surface area (Å²) in [7, 11) is 1.81. The monoisotopic (exact) mass is 398 g/mol. The predicted octanol–water partition coefficient (Wildman–Crippen LogP) is 2.89. The van der Waals surface area contributed by atoms with Crippen LogP contribution in [0, 0.1) is 13.8 Å². The van der Waals surface area contributed by atoms with Crippen LogP contribution in [0.3, 0.4) is 0 Å². The van der Waals surface area contributed by atoms with Crippen molar-refractivity contribution >= 4 is 27.0 Å². The Bertz CT molecular complexity index is 1150. The number of rotatable bonds is 2. The lowest BCUT2D eigenvalue weighted by molar-refractivity contribution is 0.768. The fraction of sp³-hybridized carbons (Fsp3) is 0.176. The summed E-state index contributed by atoms with van der Waals surface area (Å²) in [4.78, 5) is 19.8. The number of aromatic amines is 1. The average molecular weight is 399 g/mol. The number of H-pyrrole nitrogens is 1. The van der Waals surface area contributed by atoms with Crippen molar-refractivity contribution in [3.63, 3.8) is 0 Å². The number of benzene rings is 1. The van der Waals surface area contributed by atoms with E-state index < -0.39 is 0 Å². The van der Waals surface area contributed by atoms with E-state index in [1.165, 1.54) is 0 Å². The molecule has 4 aromatic rings. The summed E-state index contributed by atoms with van der Waals surface area (Å²) in [5, 5.41) is 9.10. The Morgan fingerprint density at radius 1 is 1.16 bits per heavy atom. The number of fused-ring (bicyclic) bond motifs is 1. The average Bonchev–Trinajstić information content (AvgIpc) is 3.12. The lowest BCUT2D eigenvalue weighted by atomic mass is 10.1. The summed E-state index contributed by atoms with van der Waals surface area (Å²) in [5.74, 6) is 0.458. The molecular formula is C17H15BrN6O. The fourth-order valence-electron chi connectivity index (χ4n) is 2.98. The molecule has 0 spiro atoms. The molecule has 8 heteroatoms. The second-order valence-corrected chi connectivity index (χ2v) is 6.93. The second kappa shape index (κ2) is 5.66. The molecule has 0 radical (unpaired) electrons. The van der Waals surface area contributed by atoms with Gasteiger partial charge in [-0.1, -0.05) is 15.9 Å². The summed E-state index contributed by atoms with van der Waals surface area (Å²) >= 11 is 3.50.